The summed E-state index contributed by atoms with van der Waals surface area (Å²) in [5, 5.41) is 8.83. The molecule has 96 valence electrons. The number of hydrogen-bond acceptors (Lipinski definition) is 4. The third-order valence-corrected chi connectivity index (χ3v) is 5.00. The van der Waals surface area contributed by atoms with Crippen LogP contribution in [0, 0.1) is 0 Å². The summed E-state index contributed by atoms with van der Waals surface area (Å²) in [4.78, 5) is 1.87. The van der Waals surface area contributed by atoms with Gasteiger partial charge in [-0.15, -0.1) is 6.58 Å². The van der Waals surface area contributed by atoms with Gasteiger partial charge in [0.2, 0.25) is 0 Å². The van der Waals surface area contributed by atoms with E-state index in [1.807, 2.05) is 4.90 Å². The van der Waals surface area contributed by atoms with Crippen LogP contribution in [0.5, 0.6) is 0 Å². The molecule has 0 aromatic rings. The second-order valence-electron chi connectivity index (χ2n) is 4.74. The number of aliphatic hydroxyl groups excluding tert-OH is 1. The fourth-order valence-corrected chi connectivity index (χ4v) is 2.28. The summed E-state index contributed by atoms with van der Waals surface area (Å²) in [7, 11) is -3.09. The Morgan fingerprint density at radius 3 is 2.25 bits per heavy atom. The summed E-state index contributed by atoms with van der Waals surface area (Å²) < 4.78 is 23.0. The smallest absolute Gasteiger partial charge is 0.156 e. The number of rotatable bonds is 7. The highest BCUT2D eigenvalue weighted by atomic mass is 32.2. The lowest BCUT2D eigenvalue weighted by Gasteiger charge is -2.23. The van der Waals surface area contributed by atoms with Gasteiger partial charge in [-0.1, -0.05) is 6.08 Å². The Hall–Kier alpha value is -0.390. The molecule has 0 aromatic carbocycles. The normalized spacial score (nSPS) is 13.1. The van der Waals surface area contributed by atoms with Crippen LogP contribution in [-0.2, 0) is 9.84 Å². The highest BCUT2D eigenvalue weighted by Gasteiger charge is 2.28. The number of sulfone groups is 1. The van der Waals surface area contributed by atoms with E-state index in [0.717, 1.165) is 0 Å². The van der Waals surface area contributed by atoms with Gasteiger partial charge in [0.1, 0.15) is 0 Å². The SMILES string of the molecule is C=CCN(CCO)CCS(=O)(=O)C(C)(C)C. The molecule has 0 fully saturated rings. The number of nitrogens with zero attached hydrogens (tertiary/aromatic N) is 1. The van der Waals surface area contributed by atoms with E-state index in [1.54, 1.807) is 26.8 Å². The molecule has 0 unspecified atom stereocenters. The summed E-state index contributed by atoms with van der Waals surface area (Å²) in [5.74, 6) is 0.115. The molecule has 0 aromatic heterocycles. The van der Waals surface area contributed by atoms with Gasteiger partial charge in [-0.25, -0.2) is 8.42 Å². The van der Waals surface area contributed by atoms with Crippen LogP contribution in [0.4, 0.5) is 0 Å². The Morgan fingerprint density at radius 1 is 1.31 bits per heavy atom. The zero-order valence-electron chi connectivity index (χ0n) is 10.4. The maximum Gasteiger partial charge on any atom is 0.156 e. The molecule has 16 heavy (non-hydrogen) atoms. The molecule has 0 bridgehead atoms. The first kappa shape index (κ1) is 15.6. The van der Waals surface area contributed by atoms with Gasteiger partial charge < -0.3 is 5.11 Å². The van der Waals surface area contributed by atoms with Crippen LogP contribution in [0.1, 0.15) is 20.8 Å². The Morgan fingerprint density at radius 2 is 1.88 bits per heavy atom. The second kappa shape index (κ2) is 6.37. The van der Waals surface area contributed by atoms with E-state index in [0.29, 0.717) is 19.6 Å². The van der Waals surface area contributed by atoms with Gasteiger partial charge in [0.25, 0.3) is 0 Å². The number of aliphatic hydroxyl groups is 1. The quantitative estimate of drug-likeness (QED) is 0.674. The molecule has 4 nitrogen and oxygen atoms in total. The van der Waals surface area contributed by atoms with E-state index in [2.05, 4.69) is 6.58 Å². The number of hydrogen-bond donors (Lipinski definition) is 1. The van der Waals surface area contributed by atoms with Gasteiger partial charge in [-0.3, -0.25) is 4.90 Å². The van der Waals surface area contributed by atoms with Crippen molar-refractivity contribution < 1.29 is 13.5 Å². The van der Waals surface area contributed by atoms with E-state index in [1.165, 1.54) is 0 Å². The molecule has 0 aliphatic heterocycles. The van der Waals surface area contributed by atoms with E-state index >= 15 is 0 Å². The van der Waals surface area contributed by atoms with E-state index in [9.17, 15) is 8.42 Å². The average molecular weight is 249 g/mol. The standard InChI is InChI=1S/C11H23NO3S/c1-5-6-12(7-9-13)8-10-16(14,15)11(2,3)4/h5,13H,1,6-10H2,2-4H3. The molecular formula is C11H23NO3S. The van der Waals surface area contributed by atoms with Crippen molar-refractivity contribution in [3.05, 3.63) is 12.7 Å². The van der Waals surface area contributed by atoms with Crippen LogP contribution < -0.4 is 0 Å². The minimum atomic E-state index is -3.09. The van der Waals surface area contributed by atoms with Crippen molar-refractivity contribution in [2.75, 3.05) is 32.0 Å². The zero-order chi connectivity index (χ0) is 12.8. The third-order valence-electron chi connectivity index (χ3n) is 2.41. The Labute approximate surface area is 98.9 Å². The Bertz CT molecular complexity index is 304. The van der Waals surface area contributed by atoms with E-state index in [-0.39, 0.29) is 12.4 Å². The maximum atomic E-state index is 11.9. The minimum Gasteiger partial charge on any atom is -0.395 e. The lowest BCUT2D eigenvalue weighted by atomic mass is 10.3. The van der Waals surface area contributed by atoms with Crippen molar-refractivity contribution in [1.82, 2.24) is 4.90 Å². The molecular weight excluding hydrogens is 226 g/mol. The molecule has 0 radical (unpaired) electrons. The van der Waals surface area contributed by atoms with Crippen molar-refractivity contribution in [3.63, 3.8) is 0 Å². The van der Waals surface area contributed by atoms with Gasteiger partial charge in [0.05, 0.1) is 17.1 Å². The second-order valence-corrected chi connectivity index (χ2v) is 7.61. The van der Waals surface area contributed by atoms with Crippen molar-refractivity contribution in [2.24, 2.45) is 0 Å². The van der Waals surface area contributed by atoms with Crippen LogP contribution >= 0.6 is 0 Å². The molecule has 0 saturated carbocycles. The molecule has 0 heterocycles. The molecule has 0 amide bonds. The molecule has 0 atom stereocenters. The first-order chi connectivity index (χ1) is 7.24. The highest BCUT2D eigenvalue weighted by molar-refractivity contribution is 7.92. The van der Waals surface area contributed by atoms with Crippen LogP contribution in [0.2, 0.25) is 0 Å². The van der Waals surface area contributed by atoms with Gasteiger partial charge in [0.15, 0.2) is 9.84 Å². The summed E-state index contributed by atoms with van der Waals surface area (Å²) in [6.07, 6.45) is 1.71. The Balaban J connectivity index is 4.35. The van der Waals surface area contributed by atoms with E-state index < -0.39 is 14.6 Å². The molecule has 0 rings (SSSR count). The first-order valence-corrected chi connectivity index (χ1v) is 7.06. The lowest BCUT2D eigenvalue weighted by Crippen LogP contribution is -2.37. The summed E-state index contributed by atoms with van der Waals surface area (Å²) >= 11 is 0. The third kappa shape index (κ3) is 5.09. The molecule has 1 N–H and O–H groups in total. The summed E-state index contributed by atoms with van der Waals surface area (Å²) in [5.41, 5.74) is 0. The topological polar surface area (TPSA) is 57.6 Å². The predicted molar refractivity (Wildman–Crippen MR) is 67.3 cm³/mol. The zero-order valence-corrected chi connectivity index (χ0v) is 11.3. The van der Waals surface area contributed by atoms with Crippen LogP contribution in [0.3, 0.4) is 0 Å². The van der Waals surface area contributed by atoms with Crippen LogP contribution in [-0.4, -0.2) is 55.2 Å². The fraction of sp³-hybridized carbons (Fsp3) is 0.818. The van der Waals surface area contributed by atoms with Crippen molar-refractivity contribution in [2.45, 2.75) is 25.5 Å². The molecule has 0 aliphatic carbocycles. The first-order valence-electron chi connectivity index (χ1n) is 5.41. The predicted octanol–water partition coefficient (Wildman–Crippen LogP) is 0.680. The monoisotopic (exact) mass is 249 g/mol. The summed E-state index contributed by atoms with van der Waals surface area (Å²) in [6.45, 7) is 10.2. The highest BCUT2D eigenvalue weighted by Crippen LogP contribution is 2.15. The maximum absolute atomic E-state index is 11.9. The van der Waals surface area contributed by atoms with Gasteiger partial charge in [-0.05, 0) is 20.8 Å². The molecule has 0 saturated heterocycles. The molecule has 0 aliphatic rings. The van der Waals surface area contributed by atoms with Crippen molar-refractivity contribution >= 4 is 9.84 Å². The Kier molecular flexibility index (Phi) is 6.22. The molecule has 5 heteroatoms. The summed E-state index contributed by atoms with van der Waals surface area (Å²) in [6, 6.07) is 0. The van der Waals surface area contributed by atoms with Gasteiger partial charge in [-0.2, -0.15) is 0 Å². The van der Waals surface area contributed by atoms with E-state index in [4.69, 9.17) is 5.11 Å². The lowest BCUT2D eigenvalue weighted by molar-refractivity contribution is 0.215. The van der Waals surface area contributed by atoms with Crippen molar-refractivity contribution in [1.29, 1.82) is 0 Å². The molecule has 0 spiro atoms. The van der Waals surface area contributed by atoms with Crippen LogP contribution in [0.15, 0.2) is 12.7 Å². The van der Waals surface area contributed by atoms with Gasteiger partial charge >= 0.3 is 0 Å². The minimum absolute atomic E-state index is 0.0312. The van der Waals surface area contributed by atoms with Crippen molar-refractivity contribution in [3.8, 4) is 0 Å². The largest absolute Gasteiger partial charge is 0.395 e. The van der Waals surface area contributed by atoms with Gasteiger partial charge in [0, 0.05) is 19.6 Å². The fourth-order valence-electron chi connectivity index (χ4n) is 1.17. The average Bonchev–Trinajstić information content (AvgIpc) is 2.13. The van der Waals surface area contributed by atoms with Crippen LogP contribution in [0.25, 0.3) is 0 Å².